The number of piperidine rings is 1. The van der Waals surface area contributed by atoms with Gasteiger partial charge in [-0.25, -0.2) is 0 Å². The van der Waals surface area contributed by atoms with Crippen molar-refractivity contribution in [2.24, 2.45) is 5.92 Å². The van der Waals surface area contributed by atoms with Crippen LogP contribution in [0.25, 0.3) is 0 Å². The van der Waals surface area contributed by atoms with Gasteiger partial charge in [-0.3, -0.25) is 4.90 Å². The average Bonchev–Trinajstić information content (AvgIpc) is 2.87. The summed E-state index contributed by atoms with van der Waals surface area (Å²) < 4.78 is 0. The van der Waals surface area contributed by atoms with E-state index in [0.29, 0.717) is 5.92 Å². The Hall–Kier alpha value is -0.570. The SMILES string of the molecule is CC(C)c1ccc(CN2CCC3NCCC3C2)cc1.Cl. The van der Waals surface area contributed by atoms with Crippen molar-refractivity contribution in [3.63, 3.8) is 0 Å². The molecule has 2 aliphatic rings. The van der Waals surface area contributed by atoms with Gasteiger partial charge in [0.05, 0.1) is 0 Å². The highest BCUT2D eigenvalue weighted by molar-refractivity contribution is 5.85. The predicted molar refractivity (Wildman–Crippen MR) is 87.6 cm³/mol. The lowest BCUT2D eigenvalue weighted by atomic mass is 9.93. The molecule has 1 aromatic rings. The first kappa shape index (κ1) is 15.8. The molecule has 112 valence electrons. The monoisotopic (exact) mass is 294 g/mol. The first-order valence-corrected chi connectivity index (χ1v) is 7.77. The summed E-state index contributed by atoms with van der Waals surface area (Å²) in [6.07, 6.45) is 2.70. The van der Waals surface area contributed by atoms with E-state index in [2.05, 4.69) is 48.3 Å². The van der Waals surface area contributed by atoms with Gasteiger partial charge in [0.1, 0.15) is 0 Å². The van der Waals surface area contributed by atoms with Crippen molar-refractivity contribution in [2.45, 2.75) is 45.2 Å². The summed E-state index contributed by atoms with van der Waals surface area (Å²) in [4.78, 5) is 2.64. The Bertz CT molecular complexity index is 416. The van der Waals surface area contributed by atoms with Gasteiger partial charge in [-0.15, -0.1) is 12.4 Å². The van der Waals surface area contributed by atoms with Crippen LogP contribution in [0.15, 0.2) is 24.3 Å². The van der Waals surface area contributed by atoms with Crippen molar-refractivity contribution in [1.82, 2.24) is 10.2 Å². The standard InChI is InChI=1S/C17H26N2.ClH/c1-13(2)15-5-3-14(4-6-15)11-19-10-8-17-16(12-19)7-9-18-17;/h3-6,13,16-18H,7-12H2,1-2H3;1H. The number of nitrogens with zero attached hydrogens (tertiary/aromatic N) is 1. The number of halogens is 1. The molecule has 2 fully saturated rings. The predicted octanol–water partition coefficient (Wildman–Crippen LogP) is 3.42. The molecule has 2 atom stereocenters. The van der Waals surface area contributed by atoms with Crippen LogP contribution < -0.4 is 5.32 Å². The summed E-state index contributed by atoms with van der Waals surface area (Å²) in [6.45, 7) is 9.40. The van der Waals surface area contributed by atoms with Crippen molar-refractivity contribution in [1.29, 1.82) is 0 Å². The van der Waals surface area contributed by atoms with Crippen LogP contribution in [0.2, 0.25) is 0 Å². The largest absolute Gasteiger partial charge is 0.314 e. The Morgan fingerprint density at radius 3 is 2.65 bits per heavy atom. The van der Waals surface area contributed by atoms with Gasteiger partial charge in [-0.2, -0.15) is 0 Å². The van der Waals surface area contributed by atoms with Crippen molar-refractivity contribution < 1.29 is 0 Å². The first-order chi connectivity index (χ1) is 9.22. The van der Waals surface area contributed by atoms with Crippen LogP contribution >= 0.6 is 12.4 Å². The molecule has 0 bridgehead atoms. The summed E-state index contributed by atoms with van der Waals surface area (Å²) in [5.41, 5.74) is 2.91. The highest BCUT2D eigenvalue weighted by Crippen LogP contribution is 2.25. The van der Waals surface area contributed by atoms with Crippen molar-refractivity contribution in [3.8, 4) is 0 Å². The van der Waals surface area contributed by atoms with Crippen LogP contribution in [0.3, 0.4) is 0 Å². The van der Waals surface area contributed by atoms with Gasteiger partial charge in [0.25, 0.3) is 0 Å². The minimum atomic E-state index is 0. The van der Waals surface area contributed by atoms with E-state index in [1.807, 2.05) is 0 Å². The molecule has 1 aromatic carbocycles. The Kier molecular flexibility index (Phi) is 5.48. The third kappa shape index (κ3) is 3.55. The van der Waals surface area contributed by atoms with Gasteiger partial charge < -0.3 is 5.32 Å². The zero-order valence-electron chi connectivity index (χ0n) is 12.6. The Morgan fingerprint density at radius 2 is 1.95 bits per heavy atom. The number of hydrogen-bond donors (Lipinski definition) is 1. The zero-order chi connectivity index (χ0) is 13.2. The fraction of sp³-hybridized carbons (Fsp3) is 0.647. The van der Waals surface area contributed by atoms with Gasteiger partial charge in [0, 0.05) is 19.1 Å². The Morgan fingerprint density at radius 1 is 1.20 bits per heavy atom. The third-order valence-corrected chi connectivity index (χ3v) is 4.79. The molecule has 0 radical (unpaired) electrons. The number of rotatable bonds is 3. The lowest BCUT2D eigenvalue weighted by molar-refractivity contribution is 0.156. The number of likely N-dealkylation sites (tertiary alicyclic amines) is 1. The molecule has 0 saturated carbocycles. The topological polar surface area (TPSA) is 15.3 Å². The quantitative estimate of drug-likeness (QED) is 0.919. The summed E-state index contributed by atoms with van der Waals surface area (Å²) in [5.74, 6) is 1.53. The van der Waals surface area contributed by atoms with E-state index >= 15 is 0 Å². The summed E-state index contributed by atoms with van der Waals surface area (Å²) >= 11 is 0. The lowest BCUT2D eigenvalue weighted by Crippen LogP contribution is -2.43. The van der Waals surface area contributed by atoms with Gasteiger partial charge in [0.15, 0.2) is 0 Å². The maximum atomic E-state index is 3.64. The van der Waals surface area contributed by atoms with E-state index in [9.17, 15) is 0 Å². The van der Waals surface area contributed by atoms with Crippen LogP contribution in [0.5, 0.6) is 0 Å². The molecule has 2 heterocycles. The molecule has 20 heavy (non-hydrogen) atoms. The van der Waals surface area contributed by atoms with Gasteiger partial charge in [-0.1, -0.05) is 38.1 Å². The maximum Gasteiger partial charge on any atom is 0.0233 e. The van der Waals surface area contributed by atoms with E-state index in [0.717, 1.165) is 18.5 Å². The zero-order valence-corrected chi connectivity index (χ0v) is 13.5. The van der Waals surface area contributed by atoms with Gasteiger partial charge in [0.2, 0.25) is 0 Å². The molecule has 3 heteroatoms. The lowest BCUT2D eigenvalue weighted by Gasteiger charge is -2.34. The molecule has 1 N–H and O–H groups in total. The molecule has 2 saturated heterocycles. The second-order valence-corrected chi connectivity index (χ2v) is 6.53. The van der Waals surface area contributed by atoms with E-state index in [1.165, 1.54) is 43.6 Å². The van der Waals surface area contributed by atoms with Crippen molar-refractivity contribution in [3.05, 3.63) is 35.4 Å². The van der Waals surface area contributed by atoms with Gasteiger partial charge >= 0.3 is 0 Å². The summed E-state index contributed by atoms with van der Waals surface area (Å²) in [6, 6.07) is 10.0. The Balaban J connectivity index is 0.00000147. The van der Waals surface area contributed by atoms with Crippen LogP contribution in [-0.4, -0.2) is 30.6 Å². The fourth-order valence-electron chi connectivity index (χ4n) is 3.53. The molecule has 2 aliphatic heterocycles. The van der Waals surface area contributed by atoms with Crippen molar-refractivity contribution in [2.75, 3.05) is 19.6 Å². The molecule has 0 aliphatic carbocycles. The molecule has 0 spiro atoms. The van der Waals surface area contributed by atoms with Crippen LogP contribution in [0.1, 0.15) is 43.7 Å². The molecule has 3 rings (SSSR count). The van der Waals surface area contributed by atoms with E-state index in [4.69, 9.17) is 0 Å². The average molecular weight is 295 g/mol. The highest BCUT2D eigenvalue weighted by atomic mass is 35.5. The van der Waals surface area contributed by atoms with Gasteiger partial charge in [-0.05, 0) is 48.9 Å². The second kappa shape index (κ2) is 6.93. The van der Waals surface area contributed by atoms with Crippen LogP contribution in [0, 0.1) is 5.92 Å². The maximum absolute atomic E-state index is 3.64. The molecule has 2 nitrogen and oxygen atoms in total. The molecule has 0 aromatic heterocycles. The van der Waals surface area contributed by atoms with E-state index in [-0.39, 0.29) is 12.4 Å². The van der Waals surface area contributed by atoms with Crippen molar-refractivity contribution >= 4 is 12.4 Å². The third-order valence-electron chi connectivity index (χ3n) is 4.79. The first-order valence-electron chi connectivity index (χ1n) is 7.77. The number of fused-ring (bicyclic) bond motifs is 1. The summed E-state index contributed by atoms with van der Waals surface area (Å²) in [5, 5.41) is 3.64. The summed E-state index contributed by atoms with van der Waals surface area (Å²) in [7, 11) is 0. The van der Waals surface area contributed by atoms with Crippen LogP contribution in [-0.2, 0) is 6.54 Å². The minimum Gasteiger partial charge on any atom is -0.314 e. The number of nitrogens with one attached hydrogen (secondary N) is 1. The smallest absolute Gasteiger partial charge is 0.0233 e. The highest BCUT2D eigenvalue weighted by Gasteiger charge is 2.32. The number of benzene rings is 1. The van der Waals surface area contributed by atoms with E-state index < -0.39 is 0 Å². The number of hydrogen-bond acceptors (Lipinski definition) is 2. The normalized spacial score (nSPS) is 26.4. The van der Waals surface area contributed by atoms with E-state index in [1.54, 1.807) is 0 Å². The van der Waals surface area contributed by atoms with Crippen LogP contribution in [0.4, 0.5) is 0 Å². The fourth-order valence-corrected chi connectivity index (χ4v) is 3.53. The second-order valence-electron chi connectivity index (χ2n) is 6.53. The minimum absolute atomic E-state index is 0. The molecular weight excluding hydrogens is 268 g/mol. The molecule has 0 amide bonds. The molecule has 2 unspecified atom stereocenters. The Labute approximate surface area is 129 Å². The molecular formula is C17H27ClN2.